The topological polar surface area (TPSA) is 59.8 Å². The molecule has 8 heteroatoms. The molecule has 0 aliphatic rings. The van der Waals surface area contributed by atoms with E-state index in [2.05, 4.69) is 15.4 Å². The first-order chi connectivity index (χ1) is 10.3. The highest BCUT2D eigenvalue weighted by Crippen LogP contribution is 2.20. The Balaban J connectivity index is 2.17. The van der Waals surface area contributed by atoms with Crippen LogP contribution in [0.1, 0.15) is 34.2 Å². The van der Waals surface area contributed by atoms with Gasteiger partial charge in [0.15, 0.2) is 11.0 Å². The number of hydrogen-bond acceptors (Lipinski definition) is 3. The van der Waals surface area contributed by atoms with E-state index in [9.17, 15) is 9.18 Å². The lowest BCUT2D eigenvalue weighted by atomic mass is 10.2. The number of nitrogens with one attached hydrogen (secondary N) is 1. The van der Waals surface area contributed by atoms with E-state index in [0.29, 0.717) is 0 Å². The second kappa shape index (κ2) is 6.62. The molecule has 2 rings (SSSR count). The van der Waals surface area contributed by atoms with E-state index in [0.717, 1.165) is 29.6 Å². The number of aromatic nitrogens is 3. The molecule has 0 saturated carbocycles. The number of aryl methyl sites for hydroxylation is 2. The molecule has 0 radical (unpaired) electrons. The SMILES string of the molecule is CCn1nc(C)c(CNC(=O)c2cc(F)c(Cl)nc2Cl)c1C. The zero-order valence-electron chi connectivity index (χ0n) is 12.4. The van der Waals surface area contributed by atoms with Crippen LogP contribution in [0.5, 0.6) is 0 Å². The summed E-state index contributed by atoms with van der Waals surface area (Å²) < 4.78 is 15.3. The van der Waals surface area contributed by atoms with Crippen LogP contribution in [0.2, 0.25) is 10.3 Å². The van der Waals surface area contributed by atoms with Gasteiger partial charge in [-0.25, -0.2) is 9.37 Å². The molecule has 1 amide bonds. The van der Waals surface area contributed by atoms with Gasteiger partial charge in [0.25, 0.3) is 5.91 Å². The molecule has 0 atom stereocenters. The molecule has 1 N–H and O–H groups in total. The Morgan fingerprint density at radius 2 is 2.05 bits per heavy atom. The van der Waals surface area contributed by atoms with E-state index >= 15 is 0 Å². The zero-order valence-corrected chi connectivity index (χ0v) is 13.9. The van der Waals surface area contributed by atoms with Crippen molar-refractivity contribution in [2.75, 3.05) is 0 Å². The monoisotopic (exact) mass is 344 g/mol. The molecule has 0 spiro atoms. The van der Waals surface area contributed by atoms with E-state index in [-0.39, 0.29) is 22.4 Å². The first-order valence-corrected chi connectivity index (χ1v) is 7.43. The Morgan fingerprint density at radius 3 is 2.64 bits per heavy atom. The van der Waals surface area contributed by atoms with Crippen LogP contribution in [0.15, 0.2) is 6.07 Å². The maximum Gasteiger partial charge on any atom is 0.254 e. The van der Waals surface area contributed by atoms with Gasteiger partial charge in [-0.3, -0.25) is 9.48 Å². The summed E-state index contributed by atoms with van der Waals surface area (Å²) in [5, 5.41) is 6.57. The fourth-order valence-corrected chi connectivity index (χ4v) is 2.57. The summed E-state index contributed by atoms with van der Waals surface area (Å²) in [5.74, 6) is -1.31. The molecule has 2 aromatic heterocycles. The summed E-state index contributed by atoms with van der Waals surface area (Å²) in [6, 6.07) is 0.974. The second-order valence-electron chi connectivity index (χ2n) is 4.75. The summed E-state index contributed by atoms with van der Waals surface area (Å²) in [6.45, 7) is 6.82. The van der Waals surface area contributed by atoms with Crippen molar-refractivity contribution in [3.63, 3.8) is 0 Å². The second-order valence-corrected chi connectivity index (χ2v) is 5.46. The van der Waals surface area contributed by atoms with Crippen LogP contribution in [0.25, 0.3) is 0 Å². The van der Waals surface area contributed by atoms with Crippen LogP contribution in [0.3, 0.4) is 0 Å². The molecule has 2 aromatic rings. The average Bonchev–Trinajstić information content (AvgIpc) is 2.74. The molecule has 2 heterocycles. The van der Waals surface area contributed by atoms with Crippen LogP contribution in [-0.2, 0) is 13.1 Å². The van der Waals surface area contributed by atoms with Crippen molar-refractivity contribution in [2.45, 2.75) is 33.9 Å². The Kier molecular flexibility index (Phi) is 5.03. The molecule has 118 valence electrons. The van der Waals surface area contributed by atoms with Gasteiger partial charge in [0, 0.05) is 24.3 Å². The fourth-order valence-electron chi connectivity index (χ4n) is 2.17. The van der Waals surface area contributed by atoms with Gasteiger partial charge < -0.3 is 5.32 Å². The Morgan fingerprint density at radius 1 is 1.36 bits per heavy atom. The smallest absolute Gasteiger partial charge is 0.254 e. The predicted molar refractivity (Wildman–Crippen MR) is 82.8 cm³/mol. The van der Waals surface area contributed by atoms with Gasteiger partial charge in [0.1, 0.15) is 5.15 Å². The van der Waals surface area contributed by atoms with Crippen molar-refractivity contribution in [3.05, 3.63) is 44.7 Å². The van der Waals surface area contributed by atoms with Crippen LogP contribution < -0.4 is 5.32 Å². The fraction of sp³-hybridized carbons (Fsp3) is 0.357. The third kappa shape index (κ3) is 3.23. The van der Waals surface area contributed by atoms with E-state index in [1.165, 1.54) is 0 Å². The Labute approximate surface area is 137 Å². The molecule has 0 fully saturated rings. The first kappa shape index (κ1) is 16.7. The van der Waals surface area contributed by atoms with Gasteiger partial charge in [0.05, 0.1) is 11.3 Å². The number of hydrogen-bond donors (Lipinski definition) is 1. The number of carbonyl (C=O) groups excluding carboxylic acids is 1. The molecule has 0 aliphatic carbocycles. The highest BCUT2D eigenvalue weighted by atomic mass is 35.5. The summed E-state index contributed by atoms with van der Waals surface area (Å²) in [7, 11) is 0. The molecular formula is C14H15Cl2FN4O. The Hall–Kier alpha value is -1.66. The Bertz CT molecular complexity index is 730. The van der Waals surface area contributed by atoms with Gasteiger partial charge in [-0.15, -0.1) is 0 Å². The molecular weight excluding hydrogens is 330 g/mol. The van der Waals surface area contributed by atoms with E-state index < -0.39 is 11.7 Å². The lowest BCUT2D eigenvalue weighted by Crippen LogP contribution is -2.24. The number of pyridine rings is 1. The van der Waals surface area contributed by atoms with Crippen LogP contribution in [0, 0.1) is 19.7 Å². The molecule has 22 heavy (non-hydrogen) atoms. The minimum absolute atomic E-state index is 0.0539. The molecule has 0 unspecified atom stereocenters. The summed E-state index contributed by atoms with van der Waals surface area (Å²) >= 11 is 11.3. The number of amides is 1. The minimum atomic E-state index is -0.789. The summed E-state index contributed by atoms with van der Waals surface area (Å²) in [4.78, 5) is 15.7. The third-order valence-corrected chi connectivity index (χ3v) is 3.94. The number of rotatable bonds is 4. The van der Waals surface area contributed by atoms with Gasteiger partial charge in [0.2, 0.25) is 0 Å². The largest absolute Gasteiger partial charge is 0.348 e. The number of carbonyl (C=O) groups is 1. The van der Waals surface area contributed by atoms with E-state index in [1.54, 1.807) is 0 Å². The van der Waals surface area contributed by atoms with Crippen molar-refractivity contribution in [1.82, 2.24) is 20.1 Å². The summed E-state index contributed by atoms with van der Waals surface area (Å²) in [5.41, 5.74) is 2.69. The lowest BCUT2D eigenvalue weighted by Gasteiger charge is -2.08. The van der Waals surface area contributed by atoms with Gasteiger partial charge >= 0.3 is 0 Å². The van der Waals surface area contributed by atoms with Crippen molar-refractivity contribution in [2.24, 2.45) is 0 Å². The highest BCUT2D eigenvalue weighted by molar-refractivity contribution is 6.34. The van der Waals surface area contributed by atoms with E-state index in [4.69, 9.17) is 23.2 Å². The van der Waals surface area contributed by atoms with Crippen molar-refractivity contribution in [3.8, 4) is 0 Å². The lowest BCUT2D eigenvalue weighted by molar-refractivity contribution is 0.0950. The quantitative estimate of drug-likeness (QED) is 0.865. The van der Waals surface area contributed by atoms with Gasteiger partial charge in [-0.1, -0.05) is 23.2 Å². The molecule has 0 aliphatic heterocycles. The normalized spacial score (nSPS) is 10.8. The van der Waals surface area contributed by atoms with Crippen molar-refractivity contribution >= 4 is 29.1 Å². The maximum absolute atomic E-state index is 13.4. The average molecular weight is 345 g/mol. The third-order valence-electron chi connectivity index (χ3n) is 3.39. The maximum atomic E-state index is 13.4. The van der Waals surface area contributed by atoms with Crippen molar-refractivity contribution in [1.29, 1.82) is 0 Å². The molecule has 0 bridgehead atoms. The van der Waals surface area contributed by atoms with E-state index in [1.807, 2.05) is 25.5 Å². The molecule has 0 aromatic carbocycles. The van der Waals surface area contributed by atoms with Crippen LogP contribution in [0.4, 0.5) is 4.39 Å². The van der Waals surface area contributed by atoms with Crippen LogP contribution >= 0.6 is 23.2 Å². The summed E-state index contributed by atoms with van der Waals surface area (Å²) in [6.07, 6.45) is 0. The van der Waals surface area contributed by atoms with Gasteiger partial charge in [-0.2, -0.15) is 5.10 Å². The number of nitrogens with zero attached hydrogens (tertiary/aromatic N) is 3. The number of halogens is 3. The van der Waals surface area contributed by atoms with Crippen LogP contribution in [-0.4, -0.2) is 20.7 Å². The molecule has 0 saturated heterocycles. The standard InChI is InChI=1S/C14H15Cl2FN4O/c1-4-21-8(3)10(7(2)20-21)6-18-14(22)9-5-11(17)13(16)19-12(9)15/h5H,4,6H2,1-3H3,(H,18,22). The predicted octanol–water partition coefficient (Wildman–Crippen LogP) is 3.29. The van der Waals surface area contributed by atoms with Gasteiger partial charge in [-0.05, 0) is 26.8 Å². The zero-order chi connectivity index (χ0) is 16.4. The van der Waals surface area contributed by atoms with Crippen molar-refractivity contribution < 1.29 is 9.18 Å². The first-order valence-electron chi connectivity index (χ1n) is 6.67. The molecule has 5 nitrogen and oxygen atoms in total. The highest BCUT2D eigenvalue weighted by Gasteiger charge is 2.17. The minimum Gasteiger partial charge on any atom is -0.348 e.